The van der Waals surface area contributed by atoms with Crippen molar-refractivity contribution in [3.8, 4) is 0 Å². The van der Waals surface area contributed by atoms with Crippen LogP contribution in [0.2, 0.25) is 0 Å². The number of hydrogen-bond donors (Lipinski definition) is 2. The van der Waals surface area contributed by atoms with E-state index in [-0.39, 0.29) is 18.2 Å². The highest BCUT2D eigenvalue weighted by molar-refractivity contribution is 5.76. The fourth-order valence-electron chi connectivity index (χ4n) is 4.78. The summed E-state index contributed by atoms with van der Waals surface area (Å²) in [6.07, 6.45) is 6.54. The molecule has 9 heteroatoms. The first-order chi connectivity index (χ1) is 16.5. The summed E-state index contributed by atoms with van der Waals surface area (Å²) in [6.45, 7) is 5.32. The predicted octanol–water partition coefficient (Wildman–Crippen LogP) is 2.84. The smallest absolute Gasteiger partial charge is 0.227 e. The van der Waals surface area contributed by atoms with Gasteiger partial charge in [-0.25, -0.2) is 0 Å². The summed E-state index contributed by atoms with van der Waals surface area (Å²) in [5, 5.41) is 10.2. The Bertz CT molecular complexity index is 944. The first-order valence-corrected chi connectivity index (χ1v) is 12.3. The number of benzene rings is 1. The SMILES string of the molecule is CC(=O)NC1(c2noc(CCC(=O)NCc3ccc(N4CCOCC4)cc3)n2)CCCCCC1. The Kier molecular flexibility index (Phi) is 8.16. The van der Waals surface area contributed by atoms with Crippen LogP contribution < -0.4 is 15.5 Å². The maximum Gasteiger partial charge on any atom is 0.227 e. The molecule has 184 valence electrons. The van der Waals surface area contributed by atoms with Crippen LogP contribution in [0, 0.1) is 0 Å². The van der Waals surface area contributed by atoms with Gasteiger partial charge in [0.1, 0.15) is 5.54 Å². The maximum absolute atomic E-state index is 12.4. The van der Waals surface area contributed by atoms with Crippen molar-refractivity contribution in [3.05, 3.63) is 41.5 Å². The first-order valence-electron chi connectivity index (χ1n) is 12.3. The number of nitrogens with zero attached hydrogens (tertiary/aromatic N) is 3. The normalized spacial score (nSPS) is 18.2. The highest BCUT2D eigenvalue weighted by Crippen LogP contribution is 2.34. The molecule has 1 aliphatic heterocycles. The minimum Gasteiger partial charge on any atom is -0.378 e. The van der Waals surface area contributed by atoms with E-state index in [2.05, 4.69) is 37.8 Å². The van der Waals surface area contributed by atoms with Crippen LogP contribution in [0.5, 0.6) is 0 Å². The Labute approximate surface area is 200 Å². The molecule has 1 aliphatic carbocycles. The summed E-state index contributed by atoms with van der Waals surface area (Å²) in [4.78, 5) is 31.1. The number of aromatic nitrogens is 2. The van der Waals surface area contributed by atoms with E-state index in [0.29, 0.717) is 24.7 Å². The largest absolute Gasteiger partial charge is 0.378 e. The van der Waals surface area contributed by atoms with Crippen LogP contribution in [-0.2, 0) is 32.8 Å². The summed E-state index contributed by atoms with van der Waals surface area (Å²) in [6, 6.07) is 8.27. The molecular weight excluding hydrogens is 434 g/mol. The molecule has 0 unspecified atom stereocenters. The Morgan fingerprint density at radius 2 is 1.76 bits per heavy atom. The van der Waals surface area contributed by atoms with E-state index in [4.69, 9.17) is 9.26 Å². The number of carbonyl (C=O) groups is 2. The molecule has 2 amide bonds. The zero-order valence-electron chi connectivity index (χ0n) is 20.0. The van der Waals surface area contributed by atoms with Gasteiger partial charge in [0.15, 0.2) is 5.82 Å². The number of carbonyl (C=O) groups excluding carboxylic acids is 2. The number of anilines is 1. The second-order valence-electron chi connectivity index (χ2n) is 9.23. The molecule has 9 nitrogen and oxygen atoms in total. The Hall–Kier alpha value is -2.94. The van der Waals surface area contributed by atoms with E-state index in [0.717, 1.165) is 70.4 Å². The van der Waals surface area contributed by atoms with E-state index in [1.54, 1.807) is 0 Å². The average Bonchev–Trinajstić information content (AvgIpc) is 3.22. The number of aryl methyl sites for hydroxylation is 1. The molecule has 2 aromatic rings. The number of amides is 2. The van der Waals surface area contributed by atoms with Crippen molar-refractivity contribution in [2.75, 3.05) is 31.2 Å². The maximum atomic E-state index is 12.4. The summed E-state index contributed by atoms with van der Waals surface area (Å²) in [5.74, 6) is 0.794. The van der Waals surface area contributed by atoms with Gasteiger partial charge < -0.3 is 24.8 Å². The zero-order chi connectivity index (χ0) is 23.8. The van der Waals surface area contributed by atoms with Crippen molar-refractivity contribution in [3.63, 3.8) is 0 Å². The van der Waals surface area contributed by atoms with Crippen LogP contribution in [0.3, 0.4) is 0 Å². The zero-order valence-corrected chi connectivity index (χ0v) is 20.0. The van der Waals surface area contributed by atoms with Crippen molar-refractivity contribution in [2.24, 2.45) is 0 Å². The van der Waals surface area contributed by atoms with Gasteiger partial charge in [0.2, 0.25) is 17.7 Å². The summed E-state index contributed by atoms with van der Waals surface area (Å²) >= 11 is 0. The van der Waals surface area contributed by atoms with Gasteiger partial charge in [-0.2, -0.15) is 4.98 Å². The molecule has 34 heavy (non-hydrogen) atoms. The topological polar surface area (TPSA) is 110 Å². The van der Waals surface area contributed by atoms with Crippen LogP contribution >= 0.6 is 0 Å². The van der Waals surface area contributed by atoms with Gasteiger partial charge in [-0.05, 0) is 30.5 Å². The molecule has 0 atom stereocenters. The van der Waals surface area contributed by atoms with Crippen molar-refractivity contribution in [1.82, 2.24) is 20.8 Å². The van der Waals surface area contributed by atoms with Crippen molar-refractivity contribution >= 4 is 17.5 Å². The minimum atomic E-state index is -0.570. The van der Waals surface area contributed by atoms with E-state index < -0.39 is 5.54 Å². The van der Waals surface area contributed by atoms with Gasteiger partial charge in [-0.3, -0.25) is 9.59 Å². The van der Waals surface area contributed by atoms with Crippen LogP contribution in [-0.4, -0.2) is 48.3 Å². The highest BCUT2D eigenvalue weighted by Gasteiger charge is 2.38. The fourth-order valence-corrected chi connectivity index (χ4v) is 4.78. The molecule has 0 bridgehead atoms. The van der Waals surface area contributed by atoms with E-state index in [9.17, 15) is 9.59 Å². The molecule has 2 aliphatic rings. The van der Waals surface area contributed by atoms with Crippen molar-refractivity contribution in [2.45, 2.75) is 70.4 Å². The monoisotopic (exact) mass is 469 g/mol. The molecule has 2 N–H and O–H groups in total. The summed E-state index contributed by atoms with van der Waals surface area (Å²) in [5.41, 5.74) is 1.66. The lowest BCUT2D eigenvalue weighted by molar-refractivity contribution is -0.122. The summed E-state index contributed by atoms with van der Waals surface area (Å²) < 4.78 is 10.8. The predicted molar refractivity (Wildman–Crippen MR) is 127 cm³/mol. The highest BCUT2D eigenvalue weighted by atomic mass is 16.5. The third kappa shape index (κ3) is 6.34. The first kappa shape index (κ1) is 24.2. The van der Waals surface area contributed by atoms with Gasteiger partial charge in [0.05, 0.1) is 13.2 Å². The quantitative estimate of drug-likeness (QED) is 0.572. The number of rotatable bonds is 8. The third-order valence-corrected chi connectivity index (χ3v) is 6.64. The van der Waals surface area contributed by atoms with Gasteiger partial charge in [-0.15, -0.1) is 0 Å². The summed E-state index contributed by atoms with van der Waals surface area (Å²) in [7, 11) is 0. The minimum absolute atomic E-state index is 0.0666. The van der Waals surface area contributed by atoms with Crippen molar-refractivity contribution in [1.29, 1.82) is 0 Å². The molecule has 1 saturated carbocycles. The number of hydrogen-bond acceptors (Lipinski definition) is 7. The lowest BCUT2D eigenvalue weighted by atomic mass is 9.89. The van der Waals surface area contributed by atoms with Crippen molar-refractivity contribution < 1.29 is 18.8 Å². The lowest BCUT2D eigenvalue weighted by Gasteiger charge is -2.30. The van der Waals surface area contributed by atoms with Crippen LogP contribution in [0.1, 0.15) is 69.1 Å². The second kappa shape index (κ2) is 11.5. The van der Waals surface area contributed by atoms with Crippen LogP contribution in [0.25, 0.3) is 0 Å². The van der Waals surface area contributed by atoms with E-state index >= 15 is 0 Å². The number of morpholine rings is 1. The van der Waals surface area contributed by atoms with Crippen LogP contribution in [0.4, 0.5) is 5.69 Å². The van der Waals surface area contributed by atoms with Crippen LogP contribution in [0.15, 0.2) is 28.8 Å². The molecular formula is C25H35N5O4. The Balaban J connectivity index is 1.27. The Morgan fingerprint density at radius 3 is 2.44 bits per heavy atom. The molecule has 1 saturated heterocycles. The molecule has 2 fully saturated rings. The molecule has 1 aromatic heterocycles. The Morgan fingerprint density at radius 1 is 1.06 bits per heavy atom. The third-order valence-electron chi connectivity index (χ3n) is 6.64. The van der Waals surface area contributed by atoms with Gasteiger partial charge in [0.25, 0.3) is 0 Å². The fraction of sp³-hybridized carbons (Fsp3) is 0.600. The molecule has 0 spiro atoms. The molecule has 2 heterocycles. The van der Waals surface area contributed by atoms with E-state index in [1.807, 2.05) is 12.1 Å². The van der Waals surface area contributed by atoms with Gasteiger partial charge in [0, 0.05) is 45.1 Å². The van der Waals surface area contributed by atoms with Gasteiger partial charge in [-0.1, -0.05) is 43.0 Å². The standard InChI is InChI=1S/C25H35N5O4/c1-19(31)28-25(12-4-2-3-5-13-25)24-27-23(34-29-24)11-10-22(32)26-18-20-6-8-21(9-7-20)30-14-16-33-17-15-30/h6-9H,2-5,10-18H2,1H3,(H,26,32)(H,28,31). The average molecular weight is 470 g/mol. The lowest BCUT2D eigenvalue weighted by Crippen LogP contribution is -2.45. The number of ether oxygens (including phenoxy) is 1. The molecule has 4 rings (SSSR count). The molecule has 1 aromatic carbocycles. The van der Waals surface area contributed by atoms with E-state index in [1.165, 1.54) is 12.6 Å². The molecule has 0 radical (unpaired) electrons. The van der Waals surface area contributed by atoms with Gasteiger partial charge >= 0.3 is 0 Å². The number of nitrogens with one attached hydrogen (secondary N) is 2. The second-order valence-corrected chi connectivity index (χ2v) is 9.23.